The highest BCUT2D eigenvalue weighted by Gasteiger charge is 2.30. The van der Waals surface area contributed by atoms with E-state index in [0.717, 1.165) is 59.6 Å². The maximum Gasteiger partial charge on any atom is 0.322 e. The highest BCUT2D eigenvalue weighted by atomic mass is 35.5. The van der Waals surface area contributed by atoms with Gasteiger partial charge < -0.3 is 19.7 Å². The molecule has 1 aromatic heterocycles. The molecular weight excluding hydrogens is 508 g/mol. The number of amides is 3. The minimum atomic E-state index is -0.242. The van der Waals surface area contributed by atoms with Crippen molar-refractivity contribution >= 4 is 29.2 Å². The van der Waals surface area contributed by atoms with Crippen molar-refractivity contribution in [3.63, 3.8) is 0 Å². The van der Waals surface area contributed by atoms with Crippen molar-refractivity contribution in [2.75, 3.05) is 11.9 Å². The number of benzene rings is 2. The number of hydrogen-bond donors (Lipinski definition) is 1. The van der Waals surface area contributed by atoms with Crippen LogP contribution in [0.3, 0.4) is 0 Å². The van der Waals surface area contributed by atoms with Crippen LogP contribution >= 0.6 is 11.6 Å². The molecule has 208 valence electrons. The first-order valence-electron chi connectivity index (χ1n) is 14.2. The molecule has 0 bridgehead atoms. The van der Waals surface area contributed by atoms with E-state index in [-0.39, 0.29) is 30.6 Å². The van der Waals surface area contributed by atoms with Crippen LogP contribution in [0.25, 0.3) is 0 Å². The number of halogens is 1. The van der Waals surface area contributed by atoms with Gasteiger partial charge in [0.05, 0.1) is 6.54 Å². The Labute approximate surface area is 237 Å². The molecule has 1 aliphatic rings. The lowest BCUT2D eigenvalue weighted by atomic mass is 9.94. The Morgan fingerprint density at radius 1 is 1.05 bits per heavy atom. The number of urea groups is 1. The van der Waals surface area contributed by atoms with E-state index in [9.17, 15) is 9.59 Å². The van der Waals surface area contributed by atoms with E-state index in [1.807, 2.05) is 86.5 Å². The van der Waals surface area contributed by atoms with Gasteiger partial charge in [-0.15, -0.1) is 0 Å². The fraction of sp³-hybridized carbons (Fsp3) is 0.438. The first kappa shape index (κ1) is 28.8. The van der Waals surface area contributed by atoms with Crippen molar-refractivity contribution in [2.45, 2.75) is 84.5 Å². The molecule has 7 heteroatoms. The van der Waals surface area contributed by atoms with E-state index >= 15 is 0 Å². The van der Waals surface area contributed by atoms with Gasteiger partial charge >= 0.3 is 6.03 Å². The summed E-state index contributed by atoms with van der Waals surface area (Å²) in [5.74, 6) is -0.00733. The minimum Gasteiger partial charge on any atom is -0.345 e. The molecule has 4 rings (SSSR count). The van der Waals surface area contributed by atoms with Gasteiger partial charge in [-0.25, -0.2) is 4.79 Å². The van der Waals surface area contributed by atoms with Crippen molar-refractivity contribution in [3.8, 4) is 0 Å². The average molecular weight is 549 g/mol. The largest absolute Gasteiger partial charge is 0.345 e. The number of carbonyl (C=O) groups excluding carboxylic acids is 2. The summed E-state index contributed by atoms with van der Waals surface area (Å²) in [7, 11) is 0. The Bertz CT molecular complexity index is 1250. The molecule has 2 aromatic carbocycles. The highest BCUT2D eigenvalue weighted by molar-refractivity contribution is 6.31. The highest BCUT2D eigenvalue weighted by Crippen LogP contribution is 2.26. The third kappa shape index (κ3) is 7.66. The first-order valence-corrected chi connectivity index (χ1v) is 14.5. The summed E-state index contributed by atoms with van der Waals surface area (Å²) in [6.45, 7) is 7.25. The lowest BCUT2D eigenvalue weighted by Crippen LogP contribution is -2.50. The fourth-order valence-electron chi connectivity index (χ4n) is 5.35. The molecule has 1 atom stereocenters. The van der Waals surface area contributed by atoms with Crippen molar-refractivity contribution in [3.05, 3.63) is 88.7 Å². The predicted octanol–water partition coefficient (Wildman–Crippen LogP) is 7.49. The summed E-state index contributed by atoms with van der Waals surface area (Å²) in [5.41, 5.74) is 3.92. The van der Waals surface area contributed by atoms with E-state index in [4.69, 9.17) is 11.6 Å². The minimum absolute atomic E-state index is 0.00733. The number of rotatable bonds is 10. The van der Waals surface area contributed by atoms with Gasteiger partial charge in [-0.05, 0) is 74.6 Å². The standard InChI is InChI=1S/C32H41ClN4O2/c1-4-25(3)36(32(39)34-27-14-10-12-24(2)20-27)23-31(38)37(28-15-6-5-7-16-28)22-29-17-11-19-35(29)21-26-13-8-9-18-30(26)33/h8-14,17-20,25,28H,4-7,15-16,21-23H2,1-3H3,(H,34,39). The molecule has 3 amide bonds. The molecule has 1 fully saturated rings. The van der Waals surface area contributed by atoms with Crippen LogP contribution in [0.4, 0.5) is 10.5 Å². The van der Waals surface area contributed by atoms with Crippen LogP contribution in [0.1, 0.15) is 69.2 Å². The number of aromatic nitrogens is 1. The quantitative estimate of drug-likeness (QED) is 0.285. The summed E-state index contributed by atoms with van der Waals surface area (Å²) in [6, 6.07) is 19.6. The Morgan fingerprint density at radius 2 is 1.82 bits per heavy atom. The molecule has 6 nitrogen and oxygen atoms in total. The molecule has 0 spiro atoms. The zero-order valence-corrected chi connectivity index (χ0v) is 24.2. The van der Waals surface area contributed by atoms with E-state index in [2.05, 4.69) is 16.0 Å². The average Bonchev–Trinajstić information content (AvgIpc) is 3.38. The summed E-state index contributed by atoms with van der Waals surface area (Å²) >= 11 is 6.45. The van der Waals surface area contributed by atoms with Crippen molar-refractivity contribution in [2.24, 2.45) is 0 Å². The Balaban J connectivity index is 1.54. The number of aryl methyl sites for hydroxylation is 1. The second-order valence-corrected chi connectivity index (χ2v) is 11.1. The summed E-state index contributed by atoms with van der Waals surface area (Å²) in [6.07, 6.45) is 8.25. The number of carbonyl (C=O) groups is 2. The Morgan fingerprint density at radius 3 is 2.54 bits per heavy atom. The maximum absolute atomic E-state index is 14.0. The molecule has 0 saturated heterocycles. The Hall–Kier alpha value is -3.25. The molecule has 0 aliphatic heterocycles. The van der Waals surface area contributed by atoms with Crippen LogP contribution in [0.5, 0.6) is 0 Å². The van der Waals surface area contributed by atoms with Crippen molar-refractivity contribution in [1.29, 1.82) is 0 Å². The van der Waals surface area contributed by atoms with E-state index in [1.54, 1.807) is 4.90 Å². The zero-order valence-electron chi connectivity index (χ0n) is 23.4. The molecule has 1 N–H and O–H groups in total. The van der Waals surface area contributed by atoms with Gasteiger partial charge in [0.1, 0.15) is 6.54 Å². The topological polar surface area (TPSA) is 57.6 Å². The normalized spacial score (nSPS) is 14.6. The zero-order chi connectivity index (χ0) is 27.8. The van der Waals surface area contributed by atoms with Crippen LogP contribution in [-0.4, -0.2) is 44.9 Å². The van der Waals surface area contributed by atoms with Gasteiger partial charge in [0.2, 0.25) is 5.91 Å². The summed E-state index contributed by atoms with van der Waals surface area (Å²) in [4.78, 5) is 31.1. The number of anilines is 1. The lowest BCUT2D eigenvalue weighted by Gasteiger charge is -2.37. The monoisotopic (exact) mass is 548 g/mol. The third-order valence-corrected chi connectivity index (χ3v) is 8.22. The van der Waals surface area contributed by atoms with Gasteiger partial charge in [-0.2, -0.15) is 0 Å². The third-order valence-electron chi connectivity index (χ3n) is 7.85. The van der Waals surface area contributed by atoms with Crippen LogP contribution in [0.15, 0.2) is 66.9 Å². The molecule has 3 aromatic rings. The molecular formula is C32H41ClN4O2. The molecule has 1 unspecified atom stereocenters. The van der Waals surface area contributed by atoms with Crippen LogP contribution in [0.2, 0.25) is 5.02 Å². The van der Waals surface area contributed by atoms with E-state index < -0.39 is 0 Å². The lowest BCUT2D eigenvalue weighted by molar-refractivity contribution is -0.136. The SMILES string of the molecule is CCC(C)N(CC(=O)N(Cc1cccn1Cc1ccccc1Cl)C1CCCCC1)C(=O)Nc1cccc(C)c1. The number of hydrogen-bond acceptors (Lipinski definition) is 2. The Kier molecular flexibility index (Phi) is 10.1. The summed E-state index contributed by atoms with van der Waals surface area (Å²) in [5, 5.41) is 3.75. The van der Waals surface area contributed by atoms with Crippen LogP contribution in [0, 0.1) is 6.92 Å². The van der Waals surface area contributed by atoms with Crippen molar-refractivity contribution < 1.29 is 9.59 Å². The number of nitrogens with one attached hydrogen (secondary N) is 1. The smallest absolute Gasteiger partial charge is 0.322 e. The molecule has 1 aliphatic carbocycles. The first-order chi connectivity index (χ1) is 18.9. The second kappa shape index (κ2) is 13.7. The van der Waals surface area contributed by atoms with Gasteiger partial charge in [0, 0.05) is 41.2 Å². The second-order valence-electron chi connectivity index (χ2n) is 10.7. The molecule has 39 heavy (non-hydrogen) atoms. The number of nitrogens with zero attached hydrogens (tertiary/aromatic N) is 3. The van der Waals surface area contributed by atoms with Gasteiger partial charge in [-0.1, -0.05) is 68.1 Å². The molecule has 1 heterocycles. The molecule has 0 radical (unpaired) electrons. The van der Waals surface area contributed by atoms with Gasteiger partial charge in [-0.3, -0.25) is 4.79 Å². The fourth-order valence-corrected chi connectivity index (χ4v) is 5.54. The maximum atomic E-state index is 14.0. The van der Waals surface area contributed by atoms with Crippen molar-refractivity contribution in [1.82, 2.24) is 14.4 Å². The predicted molar refractivity (Wildman–Crippen MR) is 159 cm³/mol. The van der Waals surface area contributed by atoms with Gasteiger partial charge in [0.15, 0.2) is 0 Å². The summed E-state index contributed by atoms with van der Waals surface area (Å²) < 4.78 is 2.17. The molecule has 1 saturated carbocycles. The van der Waals surface area contributed by atoms with Crippen LogP contribution < -0.4 is 5.32 Å². The van der Waals surface area contributed by atoms with Gasteiger partial charge in [0.25, 0.3) is 0 Å². The van der Waals surface area contributed by atoms with E-state index in [0.29, 0.717) is 13.1 Å². The van der Waals surface area contributed by atoms with Crippen LogP contribution in [-0.2, 0) is 17.9 Å². The van der Waals surface area contributed by atoms with E-state index in [1.165, 1.54) is 6.42 Å².